The normalized spacial score (nSPS) is 12.8. The van der Waals surface area contributed by atoms with Crippen LogP contribution in [0.5, 0.6) is 11.5 Å². The Labute approximate surface area is 196 Å². The minimum atomic E-state index is -2.14. The van der Waals surface area contributed by atoms with Crippen molar-refractivity contribution in [3.05, 3.63) is 58.9 Å². The van der Waals surface area contributed by atoms with Crippen LogP contribution in [0.4, 0.5) is 4.39 Å². The van der Waals surface area contributed by atoms with Gasteiger partial charge in [0.1, 0.15) is 11.4 Å². The van der Waals surface area contributed by atoms with E-state index in [1.807, 2.05) is 26.2 Å². The van der Waals surface area contributed by atoms with E-state index in [-0.39, 0.29) is 11.4 Å². The van der Waals surface area contributed by atoms with Crippen molar-refractivity contribution >= 4 is 21.9 Å². The molecule has 10 heteroatoms. The van der Waals surface area contributed by atoms with Crippen LogP contribution in [-0.2, 0) is 14.1 Å². The number of methoxy groups -OCH3 is 1. The second kappa shape index (κ2) is 7.98. The van der Waals surface area contributed by atoms with E-state index in [9.17, 15) is 4.79 Å². The molecule has 0 bridgehead atoms. The average molecular weight is 464 g/mol. The fourth-order valence-corrected chi connectivity index (χ4v) is 4.29. The lowest BCUT2D eigenvalue weighted by atomic mass is 10.0. The number of hydrogen-bond donors (Lipinski definition) is 0. The van der Waals surface area contributed by atoms with Gasteiger partial charge in [-0.25, -0.2) is 9.18 Å². The Balaban J connectivity index is 1.93. The zero-order valence-corrected chi connectivity index (χ0v) is 19.3. The fraction of sp³-hybridized carbons (Fsp3) is 0.250. The lowest BCUT2D eigenvalue weighted by Gasteiger charge is -2.14. The van der Waals surface area contributed by atoms with Gasteiger partial charge in [-0.3, -0.25) is 23.8 Å². The minimum absolute atomic E-state index is 0.209. The van der Waals surface area contributed by atoms with E-state index in [1.54, 1.807) is 24.9 Å². The first kappa shape index (κ1) is 19.3. The van der Waals surface area contributed by atoms with Crippen molar-refractivity contribution in [3.8, 4) is 28.3 Å². The molecule has 0 saturated carbocycles. The number of halogens is 1. The predicted molar refractivity (Wildman–Crippen MR) is 126 cm³/mol. The Morgan fingerprint density at radius 3 is 2.62 bits per heavy atom. The van der Waals surface area contributed by atoms with Crippen LogP contribution in [0.2, 0.25) is 0 Å². The molecule has 5 aromatic rings. The summed E-state index contributed by atoms with van der Waals surface area (Å²) in [7, 11) is 4.93. The highest BCUT2D eigenvalue weighted by atomic mass is 19.1. The highest BCUT2D eigenvalue weighted by Gasteiger charge is 2.23. The number of pyridine rings is 2. The van der Waals surface area contributed by atoms with Crippen molar-refractivity contribution < 1.29 is 16.6 Å². The molecular weight excluding hydrogens is 439 g/mol. The largest absolute Gasteiger partial charge is 0.496 e. The molecule has 0 aliphatic carbocycles. The SMILES string of the molecule is [2H]C([2H])(C)Oc1cncc(F)c1-n1c(=O)n(C)c2cnc3cc(OC)c(-c4cn(C)nc4C)cc3c21. The first-order valence-corrected chi connectivity index (χ1v) is 10.4. The van der Waals surface area contributed by atoms with Gasteiger partial charge in [0.05, 0.1) is 57.2 Å². The average Bonchev–Trinajstić information content (AvgIpc) is 3.27. The second-order valence-corrected chi connectivity index (χ2v) is 7.81. The van der Waals surface area contributed by atoms with Crippen LogP contribution >= 0.6 is 0 Å². The van der Waals surface area contributed by atoms with E-state index >= 15 is 4.39 Å². The topological polar surface area (TPSA) is 89.0 Å². The lowest BCUT2D eigenvalue weighted by Crippen LogP contribution is -2.22. The molecule has 0 amide bonds. The molecule has 0 spiro atoms. The monoisotopic (exact) mass is 464 g/mol. The maximum absolute atomic E-state index is 15.3. The van der Waals surface area contributed by atoms with Crippen LogP contribution in [0.25, 0.3) is 38.8 Å². The Kier molecular flexibility index (Phi) is 4.52. The molecule has 0 fully saturated rings. The van der Waals surface area contributed by atoms with Crippen molar-refractivity contribution in [2.24, 2.45) is 14.1 Å². The zero-order valence-electron chi connectivity index (χ0n) is 21.3. The number of nitrogens with zero attached hydrogens (tertiary/aromatic N) is 6. The van der Waals surface area contributed by atoms with Crippen molar-refractivity contribution in [2.75, 3.05) is 13.7 Å². The first-order valence-electron chi connectivity index (χ1n) is 11.4. The molecule has 0 saturated heterocycles. The molecule has 0 unspecified atom stereocenters. The van der Waals surface area contributed by atoms with Gasteiger partial charge in [-0.05, 0) is 19.9 Å². The highest BCUT2D eigenvalue weighted by Crippen LogP contribution is 2.38. The molecule has 0 N–H and O–H groups in total. The summed E-state index contributed by atoms with van der Waals surface area (Å²) < 4.78 is 46.1. The molecule has 0 radical (unpaired) electrons. The smallest absolute Gasteiger partial charge is 0.333 e. The van der Waals surface area contributed by atoms with E-state index in [0.29, 0.717) is 27.7 Å². The van der Waals surface area contributed by atoms with E-state index in [0.717, 1.165) is 23.0 Å². The quantitative estimate of drug-likeness (QED) is 0.395. The van der Waals surface area contributed by atoms with E-state index in [4.69, 9.17) is 12.2 Å². The van der Waals surface area contributed by atoms with Crippen LogP contribution in [0.3, 0.4) is 0 Å². The Morgan fingerprint density at radius 2 is 1.94 bits per heavy atom. The Morgan fingerprint density at radius 1 is 1.15 bits per heavy atom. The third kappa shape index (κ3) is 3.13. The Bertz CT molecular complexity index is 1720. The lowest BCUT2D eigenvalue weighted by molar-refractivity contribution is 0.335. The van der Waals surface area contributed by atoms with Gasteiger partial charge in [0.15, 0.2) is 11.6 Å². The number of imidazole rings is 1. The summed E-state index contributed by atoms with van der Waals surface area (Å²) in [5.41, 5.74) is 2.89. The van der Waals surface area contributed by atoms with Crippen LogP contribution in [-0.4, -0.2) is 42.6 Å². The van der Waals surface area contributed by atoms with E-state index < -0.39 is 18.1 Å². The molecule has 1 aromatic carbocycles. The predicted octanol–water partition coefficient (Wildman–Crippen LogP) is 3.53. The van der Waals surface area contributed by atoms with Crippen LogP contribution in [0.1, 0.15) is 15.4 Å². The summed E-state index contributed by atoms with van der Waals surface area (Å²) in [5, 5.41) is 4.98. The van der Waals surface area contributed by atoms with Gasteiger partial charge in [0.2, 0.25) is 0 Å². The van der Waals surface area contributed by atoms with Crippen LogP contribution in [0, 0.1) is 12.7 Å². The fourth-order valence-electron chi connectivity index (χ4n) is 4.29. The summed E-state index contributed by atoms with van der Waals surface area (Å²) in [6, 6.07) is 3.59. The number of ether oxygens (including phenoxy) is 2. The zero-order chi connectivity index (χ0) is 25.9. The minimum Gasteiger partial charge on any atom is -0.496 e. The maximum atomic E-state index is 15.3. The van der Waals surface area contributed by atoms with Gasteiger partial charge < -0.3 is 9.47 Å². The van der Waals surface area contributed by atoms with Crippen LogP contribution in [0.15, 0.2) is 41.7 Å². The molecule has 5 rings (SSSR count). The third-order valence-corrected chi connectivity index (χ3v) is 5.78. The second-order valence-electron chi connectivity index (χ2n) is 7.81. The Hall–Kier alpha value is -4.21. The number of rotatable bonds is 5. The third-order valence-electron chi connectivity index (χ3n) is 5.78. The number of benzene rings is 1. The van der Waals surface area contributed by atoms with Gasteiger partial charge in [-0.1, -0.05) is 0 Å². The molecule has 34 heavy (non-hydrogen) atoms. The van der Waals surface area contributed by atoms with Crippen molar-refractivity contribution in [3.63, 3.8) is 0 Å². The van der Waals surface area contributed by atoms with E-state index in [2.05, 4.69) is 15.1 Å². The molecule has 0 aliphatic rings. The summed E-state index contributed by atoms with van der Waals surface area (Å²) >= 11 is 0. The molecule has 9 nitrogen and oxygen atoms in total. The summed E-state index contributed by atoms with van der Waals surface area (Å²) in [6.07, 6.45) is 5.53. The van der Waals surface area contributed by atoms with Gasteiger partial charge in [-0.15, -0.1) is 0 Å². The molecule has 4 aromatic heterocycles. The molecule has 0 aliphatic heterocycles. The molecule has 174 valence electrons. The summed E-state index contributed by atoms with van der Waals surface area (Å²) in [5.74, 6) is -0.486. The molecular formula is C24H23FN6O3. The van der Waals surface area contributed by atoms with Crippen molar-refractivity contribution in [2.45, 2.75) is 13.8 Å². The highest BCUT2D eigenvalue weighted by molar-refractivity contribution is 6.06. The first-order chi connectivity index (χ1) is 17.0. The van der Waals surface area contributed by atoms with Gasteiger partial charge in [-0.2, -0.15) is 5.10 Å². The molecule has 4 heterocycles. The number of aryl methyl sites for hydroxylation is 3. The summed E-state index contributed by atoms with van der Waals surface area (Å²) in [4.78, 5) is 21.8. The number of fused-ring (bicyclic) bond motifs is 3. The maximum Gasteiger partial charge on any atom is 0.333 e. The number of hydrogen-bond acceptors (Lipinski definition) is 6. The molecule has 0 atom stereocenters. The van der Waals surface area contributed by atoms with Crippen molar-refractivity contribution in [1.82, 2.24) is 28.9 Å². The number of aromatic nitrogens is 6. The van der Waals surface area contributed by atoms with E-state index in [1.165, 1.54) is 28.5 Å². The van der Waals surface area contributed by atoms with Gasteiger partial charge in [0.25, 0.3) is 0 Å². The standard InChI is InChI=1S/C24H23FN6O3/c1-6-34-21-11-26-9-17(25)23(21)31-22-15-7-14(16-12-29(3)28-13(16)2)20(33-5)8-18(15)27-10-19(22)30(4)24(31)32/h7-12H,6H2,1-5H3/i6D2. The van der Waals surface area contributed by atoms with Gasteiger partial charge >= 0.3 is 5.69 Å². The summed E-state index contributed by atoms with van der Waals surface area (Å²) in [6.45, 7) is 0.924. The van der Waals surface area contributed by atoms with Crippen molar-refractivity contribution in [1.29, 1.82) is 0 Å². The van der Waals surface area contributed by atoms with Crippen LogP contribution < -0.4 is 15.2 Å². The van der Waals surface area contributed by atoms with Gasteiger partial charge in [0, 0.05) is 42.9 Å².